The summed E-state index contributed by atoms with van der Waals surface area (Å²) in [6.07, 6.45) is -0.424. The predicted octanol–water partition coefficient (Wildman–Crippen LogP) is 2.66. The summed E-state index contributed by atoms with van der Waals surface area (Å²) in [5.41, 5.74) is 6.19. The molecule has 2 aromatic rings. The molecule has 0 bridgehead atoms. The number of halogens is 2. The van der Waals surface area contributed by atoms with Crippen LogP contribution in [-0.2, 0) is 0 Å². The van der Waals surface area contributed by atoms with E-state index in [9.17, 15) is 14.6 Å². The average molecular weight is 326 g/mol. The van der Waals surface area contributed by atoms with Gasteiger partial charge in [-0.3, -0.25) is 0 Å². The lowest BCUT2D eigenvalue weighted by Crippen LogP contribution is -2.36. The van der Waals surface area contributed by atoms with Crippen molar-refractivity contribution >= 4 is 11.6 Å². The predicted molar refractivity (Wildman–Crippen MR) is 79.1 cm³/mol. The monoisotopic (exact) mass is 325 g/mol. The van der Waals surface area contributed by atoms with Gasteiger partial charge in [0.2, 0.25) is 5.75 Å². The fraction of sp³-hybridized carbons (Fsp3) is 0.200. The quantitative estimate of drug-likeness (QED) is 0.790. The topological polar surface area (TPSA) is 84.9 Å². The smallest absolute Gasteiger partial charge is 0.207 e. The Labute approximate surface area is 130 Å². The van der Waals surface area contributed by atoms with Crippen LogP contribution in [0.5, 0.6) is 23.0 Å². The zero-order valence-corrected chi connectivity index (χ0v) is 12.1. The van der Waals surface area contributed by atoms with Crippen molar-refractivity contribution in [3.63, 3.8) is 0 Å². The summed E-state index contributed by atoms with van der Waals surface area (Å²) in [6.45, 7) is 0.304. The number of aromatic hydroxyl groups is 2. The normalized spacial score (nSPS) is 16.6. The fourth-order valence-corrected chi connectivity index (χ4v) is 2.48. The number of hydrogen-bond acceptors (Lipinski definition) is 5. The Hall–Kier alpha value is -2.18. The third-order valence-corrected chi connectivity index (χ3v) is 3.69. The zero-order chi connectivity index (χ0) is 15.9. The zero-order valence-electron chi connectivity index (χ0n) is 11.3. The number of ether oxygens (including phenoxy) is 2. The van der Waals surface area contributed by atoms with Gasteiger partial charge in [-0.25, -0.2) is 4.39 Å². The van der Waals surface area contributed by atoms with Crippen molar-refractivity contribution in [1.29, 1.82) is 0 Å². The molecule has 7 heteroatoms. The van der Waals surface area contributed by atoms with Crippen LogP contribution in [0.1, 0.15) is 0 Å². The number of benzene rings is 2. The van der Waals surface area contributed by atoms with E-state index in [4.69, 9.17) is 26.8 Å². The molecule has 0 saturated carbocycles. The van der Waals surface area contributed by atoms with Crippen molar-refractivity contribution in [3.8, 4) is 34.1 Å². The van der Waals surface area contributed by atoms with Gasteiger partial charge in [-0.2, -0.15) is 0 Å². The van der Waals surface area contributed by atoms with Crippen LogP contribution in [0.3, 0.4) is 0 Å². The molecule has 2 aromatic carbocycles. The number of hydrogen-bond donors (Lipinski definition) is 3. The van der Waals surface area contributed by atoms with Crippen molar-refractivity contribution in [3.05, 3.63) is 35.1 Å². The molecule has 5 nitrogen and oxygen atoms in total. The molecule has 22 heavy (non-hydrogen) atoms. The van der Waals surface area contributed by atoms with Crippen LogP contribution >= 0.6 is 11.6 Å². The number of phenolic OH excluding ortho intramolecular Hbond substituents is 2. The maximum Gasteiger partial charge on any atom is 0.207 e. The number of nitrogens with two attached hydrogens (primary N) is 1. The molecule has 0 unspecified atom stereocenters. The Morgan fingerprint density at radius 1 is 1.23 bits per heavy atom. The Morgan fingerprint density at radius 3 is 2.73 bits per heavy atom. The van der Waals surface area contributed by atoms with Crippen molar-refractivity contribution < 1.29 is 24.1 Å². The molecule has 0 saturated heterocycles. The lowest BCUT2D eigenvalue weighted by Gasteiger charge is -2.28. The Balaban J connectivity index is 2.24. The molecule has 1 aliphatic heterocycles. The molecule has 0 amide bonds. The number of fused-ring (bicyclic) bond motifs is 1. The molecule has 0 fully saturated rings. The summed E-state index contributed by atoms with van der Waals surface area (Å²) in [4.78, 5) is 0. The molecular weight excluding hydrogens is 313 g/mol. The van der Waals surface area contributed by atoms with Crippen LogP contribution in [0.15, 0.2) is 24.3 Å². The van der Waals surface area contributed by atoms with Crippen LogP contribution in [0.2, 0.25) is 5.02 Å². The highest BCUT2D eigenvalue weighted by Crippen LogP contribution is 2.49. The first-order valence-electron chi connectivity index (χ1n) is 6.55. The van der Waals surface area contributed by atoms with Gasteiger partial charge in [0.1, 0.15) is 18.5 Å². The van der Waals surface area contributed by atoms with Crippen LogP contribution in [0.25, 0.3) is 11.1 Å². The van der Waals surface area contributed by atoms with Gasteiger partial charge < -0.3 is 25.4 Å². The SMILES string of the molecule is NC[C@H]1COc2c(O)c(F)cc(-c3cc(O)ccc3Cl)c2O1. The van der Waals surface area contributed by atoms with Gasteiger partial charge in [-0.05, 0) is 24.3 Å². The Kier molecular flexibility index (Phi) is 3.72. The minimum absolute atomic E-state index is 0.0336. The van der Waals surface area contributed by atoms with E-state index >= 15 is 0 Å². The maximum absolute atomic E-state index is 13.9. The van der Waals surface area contributed by atoms with Gasteiger partial charge in [0, 0.05) is 22.7 Å². The van der Waals surface area contributed by atoms with E-state index in [0.717, 1.165) is 6.07 Å². The van der Waals surface area contributed by atoms with Gasteiger partial charge >= 0.3 is 0 Å². The largest absolute Gasteiger partial charge is 0.508 e. The van der Waals surface area contributed by atoms with E-state index in [1.165, 1.54) is 18.2 Å². The maximum atomic E-state index is 13.9. The van der Waals surface area contributed by atoms with E-state index in [1.54, 1.807) is 0 Å². The lowest BCUT2D eigenvalue weighted by molar-refractivity contribution is 0.0935. The molecule has 3 rings (SSSR count). The number of rotatable bonds is 2. The van der Waals surface area contributed by atoms with E-state index in [2.05, 4.69) is 0 Å². The highest BCUT2D eigenvalue weighted by molar-refractivity contribution is 6.33. The van der Waals surface area contributed by atoms with Gasteiger partial charge in [0.15, 0.2) is 17.3 Å². The second kappa shape index (κ2) is 5.55. The third kappa shape index (κ3) is 2.40. The Morgan fingerprint density at radius 2 is 2.00 bits per heavy atom. The second-order valence-corrected chi connectivity index (χ2v) is 5.27. The molecule has 0 radical (unpaired) electrons. The van der Waals surface area contributed by atoms with Crippen LogP contribution in [0, 0.1) is 5.82 Å². The van der Waals surface area contributed by atoms with E-state index in [-0.39, 0.29) is 36.0 Å². The molecule has 0 aliphatic carbocycles. The van der Waals surface area contributed by atoms with Crippen molar-refractivity contribution in [1.82, 2.24) is 0 Å². The summed E-state index contributed by atoms with van der Waals surface area (Å²) in [7, 11) is 0. The highest BCUT2D eigenvalue weighted by atomic mass is 35.5. The van der Waals surface area contributed by atoms with Crippen LogP contribution < -0.4 is 15.2 Å². The summed E-state index contributed by atoms with van der Waals surface area (Å²) in [6, 6.07) is 5.35. The van der Waals surface area contributed by atoms with Crippen LogP contribution in [-0.4, -0.2) is 29.5 Å². The lowest BCUT2D eigenvalue weighted by atomic mass is 10.0. The fourth-order valence-electron chi connectivity index (χ4n) is 2.26. The molecule has 4 N–H and O–H groups in total. The summed E-state index contributed by atoms with van der Waals surface area (Å²) < 4.78 is 25.0. The molecule has 116 valence electrons. The first-order chi connectivity index (χ1) is 10.5. The minimum Gasteiger partial charge on any atom is -0.508 e. The summed E-state index contributed by atoms with van der Waals surface area (Å²) in [5.74, 6) is -1.49. The van der Waals surface area contributed by atoms with Crippen molar-refractivity contribution in [2.45, 2.75) is 6.10 Å². The highest BCUT2D eigenvalue weighted by Gasteiger charge is 2.29. The van der Waals surface area contributed by atoms with Gasteiger partial charge in [-0.1, -0.05) is 11.6 Å². The number of phenols is 2. The van der Waals surface area contributed by atoms with Crippen molar-refractivity contribution in [2.24, 2.45) is 5.73 Å². The minimum atomic E-state index is -0.872. The second-order valence-electron chi connectivity index (χ2n) is 4.86. The van der Waals surface area contributed by atoms with Gasteiger partial charge in [0.25, 0.3) is 0 Å². The van der Waals surface area contributed by atoms with E-state index in [0.29, 0.717) is 10.6 Å². The molecule has 0 spiro atoms. The Bertz CT molecular complexity index is 738. The molecule has 0 aromatic heterocycles. The summed E-state index contributed by atoms with van der Waals surface area (Å²) >= 11 is 6.12. The molecule has 1 heterocycles. The van der Waals surface area contributed by atoms with Crippen LogP contribution in [0.4, 0.5) is 4.39 Å². The first kappa shape index (κ1) is 14.7. The molecule has 1 aliphatic rings. The average Bonchev–Trinajstić information content (AvgIpc) is 2.53. The van der Waals surface area contributed by atoms with Gasteiger partial charge in [0.05, 0.1) is 0 Å². The molecular formula is C15H13ClFNO4. The summed E-state index contributed by atoms with van der Waals surface area (Å²) in [5, 5.41) is 19.7. The first-order valence-corrected chi connectivity index (χ1v) is 6.93. The standard InChI is InChI=1S/C15H13ClFNO4/c16-11-2-1-7(19)3-9(11)10-4-12(17)13(20)15-14(10)22-8(5-18)6-21-15/h1-4,8,19-20H,5-6,18H2/t8-/m0/s1. The van der Waals surface area contributed by atoms with E-state index in [1.807, 2.05) is 0 Å². The molecule has 1 atom stereocenters. The third-order valence-electron chi connectivity index (χ3n) is 3.36. The van der Waals surface area contributed by atoms with Gasteiger partial charge in [-0.15, -0.1) is 0 Å². The van der Waals surface area contributed by atoms with Crippen molar-refractivity contribution in [2.75, 3.05) is 13.2 Å². The van der Waals surface area contributed by atoms with E-state index < -0.39 is 17.7 Å².